The highest BCUT2D eigenvalue weighted by atomic mass is 35.5. The summed E-state index contributed by atoms with van der Waals surface area (Å²) in [6.45, 7) is 3.20. The predicted molar refractivity (Wildman–Crippen MR) is 121 cm³/mol. The SMILES string of the molecule is CC(C)OC(=O)CN1C(=O)S/C(=C/c2cc(Cl)ccc2OCc2cccc(Cl)c2)C1=O. The molecule has 3 rings (SSSR count). The zero-order valence-electron chi connectivity index (χ0n) is 16.8. The molecule has 0 aliphatic carbocycles. The van der Waals surface area contributed by atoms with Gasteiger partial charge in [-0.15, -0.1) is 0 Å². The fraction of sp³-hybridized carbons (Fsp3) is 0.227. The Balaban J connectivity index is 1.79. The van der Waals surface area contributed by atoms with E-state index in [1.165, 1.54) is 6.08 Å². The van der Waals surface area contributed by atoms with Crippen LogP contribution >= 0.6 is 35.0 Å². The molecule has 0 N–H and O–H groups in total. The third-order valence-electron chi connectivity index (χ3n) is 4.07. The van der Waals surface area contributed by atoms with Crippen molar-refractivity contribution < 1.29 is 23.9 Å². The van der Waals surface area contributed by atoms with Crippen LogP contribution in [0.25, 0.3) is 6.08 Å². The molecule has 2 aromatic rings. The Labute approximate surface area is 194 Å². The maximum Gasteiger partial charge on any atom is 0.326 e. The van der Waals surface area contributed by atoms with Crippen molar-refractivity contribution >= 4 is 58.2 Å². The molecule has 1 fully saturated rings. The molecule has 0 aromatic heterocycles. The van der Waals surface area contributed by atoms with Gasteiger partial charge in [0.15, 0.2) is 0 Å². The van der Waals surface area contributed by atoms with Crippen molar-refractivity contribution in [2.24, 2.45) is 0 Å². The van der Waals surface area contributed by atoms with Gasteiger partial charge in [-0.25, -0.2) is 0 Å². The summed E-state index contributed by atoms with van der Waals surface area (Å²) in [5.41, 5.74) is 1.40. The van der Waals surface area contributed by atoms with Gasteiger partial charge < -0.3 is 9.47 Å². The van der Waals surface area contributed by atoms with Gasteiger partial charge in [0.1, 0.15) is 18.9 Å². The zero-order chi connectivity index (χ0) is 22.5. The van der Waals surface area contributed by atoms with Gasteiger partial charge in [-0.1, -0.05) is 35.3 Å². The standard InChI is InChI=1S/C22H19Cl2NO5S/c1-13(2)30-20(26)11-25-21(27)19(31-22(25)28)10-15-9-17(24)6-7-18(15)29-12-14-4-3-5-16(23)8-14/h3-10,13H,11-12H2,1-2H3/b19-10+. The van der Waals surface area contributed by atoms with Crippen LogP contribution in [-0.4, -0.2) is 34.7 Å². The number of carbonyl (C=O) groups is 3. The molecule has 6 nitrogen and oxygen atoms in total. The molecule has 0 spiro atoms. The van der Waals surface area contributed by atoms with Crippen molar-refractivity contribution in [3.63, 3.8) is 0 Å². The first-order valence-corrected chi connectivity index (χ1v) is 10.9. The molecule has 0 saturated carbocycles. The number of ether oxygens (including phenoxy) is 2. The summed E-state index contributed by atoms with van der Waals surface area (Å²) in [6, 6.07) is 12.2. The number of thioether (sulfide) groups is 1. The lowest BCUT2D eigenvalue weighted by Crippen LogP contribution is -2.35. The summed E-state index contributed by atoms with van der Waals surface area (Å²) < 4.78 is 10.9. The predicted octanol–water partition coefficient (Wildman–Crippen LogP) is 5.56. The Morgan fingerprint density at radius 1 is 1.13 bits per heavy atom. The minimum atomic E-state index is -0.646. The summed E-state index contributed by atoms with van der Waals surface area (Å²) in [7, 11) is 0. The van der Waals surface area contributed by atoms with Crippen molar-refractivity contribution in [1.29, 1.82) is 0 Å². The largest absolute Gasteiger partial charge is 0.488 e. The summed E-state index contributed by atoms with van der Waals surface area (Å²) in [5.74, 6) is -0.737. The number of amides is 2. The minimum absolute atomic E-state index is 0.164. The summed E-state index contributed by atoms with van der Waals surface area (Å²) in [5, 5.41) is 0.503. The Bertz CT molecular complexity index is 1050. The van der Waals surface area contributed by atoms with Crippen LogP contribution in [-0.2, 0) is 20.9 Å². The van der Waals surface area contributed by atoms with Gasteiger partial charge in [0, 0.05) is 15.6 Å². The number of rotatable bonds is 7. The van der Waals surface area contributed by atoms with Crippen molar-refractivity contribution in [3.8, 4) is 5.75 Å². The first-order chi connectivity index (χ1) is 14.7. The van der Waals surface area contributed by atoms with Gasteiger partial charge in [0.2, 0.25) is 0 Å². The monoisotopic (exact) mass is 479 g/mol. The van der Waals surface area contributed by atoms with E-state index in [0.717, 1.165) is 22.2 Å². The lowest BCUT2D eigenvalue weighted by atomic mass is 10.1. The van der Waals surface area contributed by atoms with Crippen molar-refractivity contribution in [2.75, 3.05) is 6.54 Å². The smallest absolute Gasteiger partial charge is 0.326 e. The van der Waals surface area contributed by atoms with Crippen LogP contribution in [0, 0.1) is 0 Å². The number of benzene rings is 2. The number of esters is 1. The molecule has 1 saturated heterocycles. The van der Waals surface area contributed by atoms with Crippen LogP contribution in [0.3, 0.4) is 0 Å². The van der Waals surface area contributed by atoms with Gasteiger partial charge in [0.25, 0.3) is 11.1 Å². The molecular weight excluding hydrogens is 461 g/mol. The highest BCUT2D eigenvalue weighted by Crippen LogP contribution is 2.35. The number of carbonyl (C=O) groups excluding carboxylic acids is 3. The highest BCUT2D eigenvalue weighted by Gasteiger charge is 2.37. The number of imide groups is 1. The number of hydrogen-bond donors (Lipinski definition) is 0. The van der Waals surface area contributed by atoms with E-state index in [-0.39, 0.29) is 17.6 Å². The van der Waals surface area contributed by atoms with Crippen LogP contribution in [0.1, 0.15) is 25.0 Å². The second-order valence-electron chi connectivity index (χ2n) is 6.91. The van der Waals surface area contributed by atoms with Crippen molar-refractivity contribution in [3.05, 3.63) is 68.5 Å². The maximum absolute atomic E-state index is 12.7. The zero-order valence-corrected chi connectivity index (χ0v) is 19.1. The molecule has 0 bridgehead atoms. The van der Waals surface area contributed by atoms with Gasteiger partial charge in [-0.2, -0.15) is 0 Å². The normalized spacial score (nSPS) is 15.1. The van der Waals surface area contributed by atoms with E-state index in [9.17, 15) is 14.4 Å². The fourth-order valence-corrected chi connectivity index (χ4v) is 3.98. The minimum Gasteiger partial charge on any atom is -0.488 e. The van der Waals surface area contributed by atoms with E-state index in [1.807, 2.05) is 12.1 Å². The molecule has 162 valence electrons. The molecule has 9 heteroatoms. The Hall–Kier alpha value is -2.48. The number of nitrogens with zero attached hydrogens (tertiary/aromatic N) is 1. The quantitative estimate of drug-likeness (QED) is 0.382. The molecule has 31 heavy (non-hydrogen) atoms. The van der Waals surface area contributed by atoms with Crippen LogP contribution in [0.2, 0.25) is 10.0 Å². The van der Waals surface area contributed by atoms with E-state index < -0.39 is 23.7 Å². The molecular formula is C22H19Cl2NO5S. The third kappa shape index (κ3) is 6.26. The molecule has 2 amide bonds. The highest BCUT2D eigenvalue weighted by molar-refractivity contribution is 8.18. The van der Waals surface area contributed by atoms with E-state index in [4.69, 9.17) is 32.7 Å². The molecule has 2 aromatic carbocycles. The van der Waals surface area contributed by atoms with Crippen LogP contribution in [0.5, 0.6) is 5.75 Å². The Morgan fingerprint density at radius 3 is 2.58 bits per heavy atom. The fourth-order valence-electron chi connectivity index (χ4n) is 2.76. The maximum atomic E-state index is 12.7. The summed E-state index contributed by atoms with van der Waals surface area (Å²) >= 11 is 12.9. The lowest BCUT2D eigenvalue weighted by molar-refractivity contribution is -0.149. The van der Waals surface area contributed by atoms with E-state index in [0.29, 0.717) is 21.4 Å². The van der Waals surface area contributed by atoms with Gasteiger partial charge in [-0.3, -0.25) is 19.3 Å². The second-order valence-corrected chi connectivity index (χ2v) is 8.77. The van der Waals surface area contributed by atoms with Crippen LogP contribution in [0.4, 0.5) is 4.79 Å². The van der Waals surface area contributed by atoms with E-state index >= 15 is 0 Å². The number of halogens is 2. The average molecular weight is 480 g/mol. The Kier molecular flexibility index (Phi) is 7.64. The molecule has 1 aliphatic heterocycles. The van der Waals surface area contributed by atoms with Crippen molar-refractivity contribution in [1.82, 2.24) is 4.90 Å². The first kappa shape index (κ1) is 23.2. The van der Waals surface area contributed by atoms with Crippen LogP contribution in [0.15, 0.2) is 47.4 Å². The molecule has 0 unspecified atom stereocenters. The average Bonchev–Trinajstić information content (AvgIpc) is 2.94. The summed E-state index contributed by atoms with van der Waals surface area (Å²) in [4.78, 5) is 37.8. The molecule has 0 radical (unpaired) electrons. The second kappa shape index (κ2) is 10.2. The van der Waals surface area contributed by atoms with Crippen molar-refractivity contribution in [2.45, 2.75) is 26.6 Å². The lowest BCUT2D eigenvalue weighted by Gasteiger charge is -2.13. The number of hydrogen-bond acceptors (Lipinski definition) is 6. The third-order valence-corrected chi connectivity index (χ3v) is 5.45. The van der Waals surface area contributed by atoms with Gasteiger partial charge >= 0.3 is 5.97 Å². The summed E-state index contributed by atoms with van der Waals surface area (Å²) in [6.07, 6.45) is 1.19. The van der Waals surface area contributed by atoms with E-state index in [1.54, 1.807) is 44.2 Å². The molecule has 1 heterocycles. The molecule has 0 atom stereocenters. The Morgan fingerprint density at radius 2 is 1.87 bits per heavy atom. The topological polar surface area (TPSA) is 72.9 Å². The van der Waals surface area contributed by atoms with Crippen LogP contribution < -0.4 is 4.74 Å². The van der Waals surface area contributed by atoms with Gasteiger partial charge in [0.05, 0.1) is 11.0 Å². The molecule has 1 aliphatic rings. The van der Waals surface area contributed by atoms with Gasteiger partial charge in [-0.05, 0) is 67.6 Å². The first-order valence-electron chi connectivity index (χ1n) is 9.34. The van der Waals surface area contributed by atoms with E-state index in [2.05, 4.69) is 0 Å².